The molecular weight excluding hydrogens is 673 g/mol. The smallest absolute Gasteiger partial charge is 0.264 e. The molecule has 1 fully saturated rings. The highest BCUT2D eigenvalue weighted by Gasteiger charge is 2.42. The largest absolute Gasteiger partial charge is 0.399 e. The van der Waals surface area contributed by atoms with Crippen LogP contribution < -0.4 is 15.8 Å². The lowest BCUT2D eigenvalue weighted by atomic mass is 9.84. The molecule has 1 aliphatic rings. The first kappa shape index (κ1) is 44.1. The van der Waals surface area contributed by atoms with E-state index in [2.05, 4.69) is 10.0 Å². The average Bonchev–Trinajstić information content (AvgIpc) is 3.50. The third kappa shape index (κ3) is 11.2. The molecule has 3 amide bonds. The van der Waals surface area contributed by atoms with Crippen LogP contribution >= 0.6 is 0 Å². The number of nitrogens with zero attached hydrogens (tertiary/aromatic N) is 3. The predicted molar refractivity (Wildman–Crippen MR) is 201 cm³/mol. The van der Waals surface area contributed by atoms with E-state index in [0.29, 0.717) is 30.6 Å². The van der Waals surface area contributed by atoms with Gasteiger partial charge in [0, 0.05) is 31.0 Å². The Kier molecular flexibility index (Phi) is 15.7. The Hall–Kier alpha value is -3.04. The number of likely N-dealkylation sites (N-methyl/N-ethyl adjacent to an activating group) is 2. The third-order valence-electron chi connectivity index (χ3n) is 9.86. The van der Waals surface area contributed by atoms with Crippen molar-refractivity contribution in [3.05, 3.63) is 35.9 Å². The van der Waals surface area contributed by atoms with Gasteiger partial charge in [-0.2, -0.15) is 0 Å². The van der Waals surface area contributed by atoms with Crippen molar-refractivity contribution in [2.24, 2.45) is 23.2 Å². The molecule has 1 heterocycles. The number of hydrogen-bond acceptors (Lipinski definition) is 10. The molecule has 0 aliphatic carbocycles. The molecule has 290 valence electrons. The molecule has 1 aliphatic heterocycles. The molecule has 1 saturated heterocycles. The maximum atomic E-state index is 14.1. The molecule has 0 aromatic heterocycles. The van der Waals surface area contributed by atoms with E-state index in [1.807, 2.05) is 73.5 Å². The minimum absolute atomic E-state index is 0.0123. The second kappa shape index (κ2) is 18.1. The number of ether oxygens (including phenoxy) is 1. The van der Waals surface area contributed by atoms with Crippen LogP contribution in [0.5, 0.6) is 0 Å². The Labute approximate surface area is 306 Å². The Bertz CT molecular complexity index is 1460. The van der Waals surface area contributed by atoms with Gasteiger partial charge in [0.25, 0.3) is 10.0 Å². The average molecular weight is 737 g/mol. The molecule has 0 saturated carbocycles. The zero-order valence-electron chi connectivity index (χ0n) is 32.9. The monoisotopic (exact) mass is 736 g/mol. The van der Waals surface area contributed by atoms with Crippen LogP contribution in [0.1, 0.15) is 75.2 Å². The molecule has 7 atom stereocenters. The van der Waals surface area contributed by atoms with Crippen LogP contribution in [0.3, 0.4) is 0 Å². The van der Waals surface area contributed by atoms with Gasteiger partial charge in [0.2, 0.25) is 17.7 Å². The van der Waals surface area contributed by atoms with Crippen molar-refractivity contribution in [3.63, 3.8) is 0 Å². The van der Waals surface area contributed by atoms with Crippen molar-refractivity contribution in [2.45, 2.75) is 117 Å². The van der Waals surface area contributed by atoms with Crippen LogP contribution in [0.2, 0.25) is 0 Å². The summed E-state index contributed by atoms with van der Waals surface area (Å²) in [5.74, 6) is -2.00. The van der Waals surface area contributed by atoms with Crippen LogP contribution in [0.4, 0.5) is 5.69 Å². The topological polar surface area (TPSA) is 175 Å². The normalized spacial score (nSPS) is 19.6. The number of anilines is 1. The van der Waals surface area contributed by atoms with Gasteiger partial charge in [-0.1, -0.05) is 61.5 Å². The molecule has 1 unspecified atom stereocenters. The van der Waals surface area contributed by atoms with Gasteiger partial charge in [-0.3, -0.25) is 24.2 Å². The van der Waals surface area contributed by atoms with E-state index in [9.17, 15) is 27.9 Å². The van der Waals surface area contributed by atoms with E-state index in [1.165, 1.54) is 31.4 Å². The Morgan fingerprint density at radius 2 is 1.59 bits per heavy atom. The van der Waals surface area contributed by atoms with Gasteiger partial charge < -0.3 is 25.8 Å². The van der Waals surface area contributed by atoms with E-state index < -0.39 is 51.7 Å². The highest BCUT2D eigenvalue weighted by Crippen LogP contribution is 2.30. The summed E-state index contributed by atoms with van der Waals surface area (Å²) in [5.41, 5.74) is 6.03. The molecule has 14 heteroatoms. The van der Waals surface area contributed by atoms with E-state index in [0.717, 1.165) is 0 Å². The first-order valence-corrected chi connectivity index (χ1v) is 19.3. The summed E-state index contributed by atoms with van der Waals surface area (Å²) in [7, 11) is 2.81. The van der Waals surface area contributed by atoms with E-state index in [4.69, 9.17) is 10.5 Å². The first-order chi connectivity index (χ1) is 23.5. The molecule has 0 radical (unpaired) electrons. The fourth-order valence-corrected chi connectivity index (χ4v) is 8.08. The lowest BCUT2D eigenvalue weighted by molar-refractivity contribution is -0.136. The number of aliphatic hydroxyl groups excluding tert-OH is 1. The Morgan fingerprint density at radius 1 is 1.02 bits per heavy atom. The number of carbonyl (C=O) groups excluding carboxylic acids is 3. The van der Waals surface area contributed by atoms with Crippen molar-refractivity contribution < 1.29 is 32.6 Å². The third-order valence-corrected chi connectivity index (χ3v) is 11.2. The first-order valence-electron chi connectivity index (χ1n) is 17.8. The number of aliphatic hydroxyl groups is 1. The van der Waals surface area contributed by atoms with E-state index >= 15 is 0 Å². The Morgan fingerprint density at radius 3 is 2.06 bits per heavy atom. The van der Waals surface area contributed by atoms with Gasteiger partial charge in [0.05, 0.1) is 35.0 Å². The highest BCUT2D eigenvalue weighted by molar-refractivity contribution is 7.90. The van der Waals surface area contributed by atoms with Crippen molar-refractivity contribution >= 4 is 33.4 Å². The second-order valence-corrected chi connectivity index (χ2v) is 17.6. The van der Waals surface area contributed by atoms with Crippen molar-refractivity contribution in [2.75, 3.05) is 40.5 Å². The van der Waals surface area contributed by atoms with Crippen LogP contribution in [0.15, 0.2) is 40.8 Å². The van der Waals surface area contributed by atoms with Gasteiger partial charge in [0.1, 0.15) is 6.23 Å². The maximum absolute atomic E-state index is 14.1. The molecule has 0 spiro atoms. The lowest BCUT2D eigenvalue weighted by Gasteiger charge is -2.43. The summed E-state index contributed by atoms with van der Waals surface area (Å²) >= 11 is 0. The number of benzene rings is 1. The number of sulfonamides is 1. The van der Waals surface area contributed by atoms with E-state index in [-0.39, 0.29) is 40.6 Å². The van der Waals surface area contributed by atoms with Gasteiger partial charge in [0.15, 0.2) is 0 Å². The summed E-state index contributed by atoms with van der Waals surface area (Å²) in [6.07, 6.45) is 1.26. The second-order valence-electron chi connectivity index (χ2n) is 15.9. The number of carbonyl (C=O) groups is 3. The number of nitrogens with one attached hydrogen (secondary N) is 2. The summed E-state index contributed by atoms with van der Waals surface area (Å²) in [6.45, 7) is 17.7. The summed E-state index contributed by atoms with van der Waals surface area (Å²) in [4.78, 5) is 46.0. The predicted octanol–water partition coefficient (Wildman–Crippen LogP) is 3.05. The molecule has 5 N–H and O–H groups in total. The summed E-state index contributed by atoms with van der Waals surface area (Å²) < 4.78 is 33.8. The van der Waals surface area contributed by atoms with Crippen LogP contribution in [-0.2, 0) is 29.1 Å². The fourth-order valence-electron chi connectivity index (χ4n) is 7.02. The number of nitrogens with two attached hydrogens (primary N) is 1. The molecule has 1 aromatic carbocycles. The lowest BCUT2D eigenvalue weighted by Crippen LogP contribution is -2.61. The SMILES string of the molecule is CO[C@H]([C@@H](C)C(=O)NS(=O)(=O)c1ccc(N)cc1)[C@@H]1CCCN1C(=O)/C(C)=C/[C@H](C(C)C)N(C)C(O)[C@@H](NC(=O)[C@H](C(C)C)N(C)C)C(C)(C)C. The summed E-state index contributed by atoms with van der Waals surface area (Å²) in [5, 5.41) is 14.9. The van der Waals surface area contributed by atoms with Gasteiger partial charge in [-0.15, -0.1) is 0 Å². The minimum atomic E-state index is -4.15. The molecule has 0 bridgehead atoms. The number of rotatable bonds is 16. The highest BCUT2D eigenvalue weighted by atomic mass is 32.2. The molecular formula is C37H64N6O7S. The minimum Gasteiger partial charge on any atom is -0.399 e. The van der Waals surface area contributed by atoms with Crippen molar-refractivity contribution in [1.29, 1.82) is 0 Å². The number of likely N-dealkylation sites (tertiary alicyclic amines) is 1. The number of amides is 3. The van der Waals surface area contributed by atoms with Crippen LogP contribution in [-0.4, -0.2) is 117 Å². The maximum Gasteiger partial charge on any atom is 0.264 e. The van der Waals surface area contributed by atoms with Crippen LogP contribution in [0, 0.1) is 23.2 Å². The molecule has 1 aromatic rings. The van der Waals surface area contributed by atoms with Crippen molar-refractivity contribution in [1.82, 2.24) is 24.7 Å². The number of methoxy groups -OCH3 is 1. The van der Waals surface area contributed by atoms with Crippen molar-refractivity contribution in [3.8, 4) is 0 Å². The zero-order chi connectivity index (χ0) is 39.2. The van der Waals surface area contributed by atoms with Gasteiger partial charge >= 0.3 is 0 Å². The number of hydrogen-bond donors (Lipinski definition) is 4. The summed E-state index contributed by atoms with van der Waals surface area (Å²) in [6, 6.07) is 3.68. The van der Waals surface area contributed by atoms with Gasteiger partial charge in [-0.25, -0.2) is 13.1 Å². The number of nitrogen functional groups attached to an aromatic ring is 1. The Balaban J connectivity index is 2.31. The van der Waals surface area contributed by atoms with Crippen LogP contribution in [0.25, 0.3) is 0 Å². The molecule has 13 nitrogen and oxygen atoms in total. The quantitative estimate of drug-likeness (QED) is 0.112. The van der Waals surface area contributed by atoms with Gasteiger partial charge in [-0.05, 0) is 82.4 Å². The standard InChI is InChI=1S/C37H64N6O7S/c1-22(2)29(42(12)36(47)32(37(7,8)9)39-34(45)30(23(3)4)41(10)11)21-24(5)35(46)43-20-14-15-28(43)31(50-13)25(6)33(44)40-51(48,49)27-18-16-26(38)17-19-27/h16-19,21-23,25,28-32,36,47H,14-15,20,38H2,1-13H3,(H,39,45)(H,40,44)/b24-21+/t25-,28+,29-,30+,31-,32-,36?/m1/s1. The zero-order valence-corrected chi connectivity index (χ0v) is 33.7. The molecule has 2 rings (SSSR count). The fraction of sp³-hybridized carbons (Fsp3) is 0.703. The molecule has 51 heavy (non-hydrogen) atoms. The van der Waals surface area contributed by atoms with E-state index in [1.54, 1.807) is 30.7 Å².